The predicted molar refractivity (Wildman–Crippen MR) is 94.2 cm³/mol. The van der Waals surface area contributed by atoms with Crippen molar-refractivity contribution in [2.24, 2.45) is 5.92 Å². The van der Waals surface area contributed by atoms with E-state index in [1.54, 1.807) is 29.3 Å². The summed E-state index contributed by atoms with van der Waals surface area (Å²) in [5.74, 6) is 1.08. The zero-order chi connectivity index (χ0) is 15.8. The highest BCUT2D eigenvalue weighted by atomic mass is 32.2. The fraction of sp³-hybridized carbons (Fsp3) is 0.438. The van der Waals surface area contributed by atoms with Crippen molar-refractivity contribution in [2.75, 3.05) is 18.6 Å². The van der Waals surface area contributed by atoms with E-state index >= 15 is 0 Å². The van der Waals surface area contributed by atoms with E-state index in [0.717, 1.165) is 35.0 Å². The number of carbonyl (C=O) groups excluding carboxylic acids is 1. The van der Waals surface area contributed by atoms with Crippen molar-refractivity contribution in [1.29, 1.82) is 0 Å². The van der Waals surface area contributed by atoms with Crippen LogP contribution in [0.25, 0.3) is 11.4 Å². The number of pyridine rings is 1. The third-order valence-electron chi connectivity index (χ3n) is 3.21. The van der Waals surface area contributed by atoms with Gasteiger partial charge in [-0.25, -0.2) is 4.98 Å². The van der Waals surface area contributed by atoms with E-state index in [1.165, 1.54) is 0 Å². The first-order chi connectivity index (χ1) is 10.7. The highest BCUT2D eigenvalue weighted by Crippen LogP contribution is 2.20. The smallest absolute Gasteiger partial charge is 0.223 e. The molecule has 2 heterocycles. The summed E-state index contributed by atoms with van der Waals surface area (Å²) in [7, 11) is 0. The summed E-state index contributed by atoms with van der Waals surface area (Å²) in [6.45, 7) is 2.67. The van der Waals surface area contributed by atoms with Gasteiger partial charge in [0, 0.05) is 36.2 Å². The molecule has 6 heteroatoms. The van der Waals surface area contributed by atoms with Gasteiger partial charge in [0.25, 0.3) is 0 Å². The molecule has 0 saturated heterocycles. The minimum atomic E-state index is 0.0746. The number of amides is 1. The van der Waals surface area contributed by atoms with Gasteiger partial charge < -0.3 is 5.32 Å². The van der Waals surface area contributed by atoms with Crippen LogP contribution in [0.2, 0.25) is 0 Å². The zero-order valence-corrected chi connectivity index (χ0v) is 14.5. The zero-order valence-electron chi connectivity index (χ0n) is 12.9. The molecule has 2 aromatic rings. The fourth-order valence-electron chi connectivity index (χ4n) is 2.01. The normalized spacial score (nSPS) is 12.1. The minimum Gasteiger partial charge on any atom is -0.356 e. The molecule has 0 radical (unpaired) electrons. The van der Waals surface area contributed by atoms with Crippen LogP contribution in [0, 0.1) is 5.92 Å². The molecule has 4 nitrogen and oxygen atoms in total. The van der Waals surface area contributed by atoms with Gasteiger partial charge in [-0.15, -0.1) is 11.3 Å². The van der Waals surface area contributed by atoms with Gasteiger partial charge in [-0.05, 0) is 24.8 Å². The maximum absolute atomic E-state index is 11.8. The molecule has 0 aliphatic rings. The van der Waals surface area contributed by atoms with E-state index in [-0.39, 0.29) is 11.8 Å². The number of carbonyl (C=O) groups is 1. The molecule has 22 heavy (non-hydrogen) atoms. The van der Waals surface area contributed by atoms with Crippen molar-refractivity contribution in [3.05, 3.63) is 34.8 Å². The molecule has 1 unspecified atom stereocenters. The second-order valence-electron chi connectivity index (χ2n) is 5.09. The lowest BCUT2D eigenvalue weighted by molar-refractivity contribution is -0.123. The number of nitrogens with one attached hydrogen (secondary N) is 1. The molecule has 0 spiro atoms. The molecule has 0 aliphatic carbocycles. The van der Waals surface area contributed by atoms with E-state index in [4.69, 9.17) is 0 Å². The number of hydrogen-bond donors (Lipinski definition) is 1. The van der Waals surface area contributed by atoms with Crippen molar-refractivity contribution in [3.63, 3.8) is 0 Å². The summed E-state index contributed by atoms with van der Waals surface area (Å²) >= 11 is 3.35. The molecule has 1 N–H and O–H groups in total. The molecule has 1 atom stereocenters. The van der Waals surface area contributed by atoms with Crippen LogP contribution in [0.15, 0.2) is 29.8 Å². The van der Waals surface area contributed by atoms with Crippen LogP contribution >= 0.6 is 23.1 Å². The van der Waals surface area contributed by atoms with E-state index in [9.17, 15) is 4.79 Å². The Morgan fingerprint density at radius 2 is 2.27 bits per heavy atom. The van der Waals surface area contributed by atoms with E-state index in [1.807, 2.05) is 36.8 Å². The average molecular weight is 335 g/mol. The number of aryl methyl sites for hydroxylation is 1. The lowest BCUT2D eigenvalue weighted by atomic mass is 10.2. The molecule has 0 aliphatic heterocycles. The molecule has 0 saturated carbocycles. The van der Waals surface area contributed by atoms with Gasteiger partial charge in [-0.1, -0.05) is 13.0 Å². The molecular formula is C16H21N3OS2. The molecule has 2 rings (SSSR count). The Morgan fingerprint density at radius 1 is 1.41 bits per heavy atom. The standard InChI is InChI=1S/C16H21N3OS2/c1-12(10-21-2)16(20)18-9-5-7-15-19-14(11-22-15)13-6-3-4-8-17-13/h3-4,6,8,11-12H,5,7,9-10H2,1-2H3,(H,18,20). The Balaban J connectivity index is 1.74. The van der Waals surface area contributed by atoms with E-state index in [2.05, 4.69) is 15.3 Å². The van der Waals surface area contributed by atoms with Gasteiger partial charge in [0.1, 0.15) is 0 Å². The minimum absolute atomic E-state index is 0.0746. The largest absolute Gasteiger partial charge is 0.356 e. The van der Waals surface area contributed by atoms with E-state index in [0.29, 0.717) is 6.54 Å². The number of thiazole rings is 1. The summed E-state index contributed by atoms with van der Waals surface area (Å²) in [5.41, 5.74) is 1.84. The maximum Gasteiger partial charge on any atom is 0.223 e. The Labute approximate surface area is 139 Å². The highest BCUT2D eigenvalue weighted by Gasteiger charge is 2.11. The molecular weight excluding hydrogens is 314 g/mol. The summed E-state index contributed by atoms with van der Waals surface area (Å²) < 4.78 is 0. The van der Waals surface area contributed by atoms with Crippen molar-refractivity contribution in [3.8, 4) is 11.4 Å². The van der Waals surface area contributed by atoms with Gasteiger partial charge in [0.05, 0.1) is 16.4 Å². The van der Waals surface area contributed by atoms with Gasteiger partial charge in [-0.3, -0.25) is 9.78 Å². The average Bonchev–Trinajstić information content (AvgIpc) is 3.01. The van der Waals surface area contributed by atoms with Crippen molar-refractivity contribution >= 4 is 29.0 Å². The Morgan fingerprint density at radius 3 is 3.00 bits per heavy atom. The van der Waals surface area contributed by atoms with Crippen LogP contribution in [0.3, 0.4) is 0 Å². The van der Waals surface area contributed by atoms with Crippen LogP contribution < -0.4 is 5.32 Å². The quantitative estimate of drug-likeness (QED) is 0.752. The number of hydrogen-bond acceptors (Lipinski definition) is 5. The van der Waals surface area contributed by atoms with Crippen LogP contribution in [-0.2, 0) is 11.2 Å². The summed E-state index contributed by atoms with van der Waals surface area (Å²) in [4.78, 5) is 20.7. The lowest BCUT2D eigenvalue weighted by Crippen LogP contribution is -2.31. The molecule has 0 aromatic carbocycles. The van der Waals surface area contributed by atoms with Gasteiger partial charge >= 0.3 is 0 Å². The van der Waals surface area contributed by atoms with Crippen molar-refractivity contribution in [2.45, 2.75) is 19.8 Å². The molecule has 0 fully saturated rings. The third-order valence-corrected chi connectivity index (χ3v) is 4.95. The highest BCUT2D eigenvalue weighted by molar-refractivity contribution is 7.98. The lowest BCUT2D eigenvalue weighted by Gasteiger charge is -2.10. The van der Waals surface area contributed by atoms with Crippen LogP contribution in [0.5, 0.6) is 0 Å². The Bertz CT molecular complexity index is 586. The van der Waals surface area contributed by atoms with E-state index < -0.39 is 0 Å². The Hall–Kier alpha value is -1.40. The van der Waals surface area contributed by atoms with Crippen LogP contribution in [-0.4, -0.2) is 34.4 Å². The molecule has 118 valence electrons. The SMILES string of the molecule is CSCC(C)C(=O)NCCCc1nc(-c2ccccn2)cs1. The second-order valence-corrected chi connectivity index (χ2v) is 6.95. The Kier molecular flexibility index (Phi) is 6.86. The number of aromatic nitrogens is 2. The monoisotopic (exact) mass is 335 g/mol. The first-order valence-electron chi connectivity index (χ1n) is 7.33. The predicted octanol–water partition coefficient (Wildman–Crippen LogP) is 3.25. The van der Waals surface area contributed by atoms with Crippen LogP contribution in [0.1, 0.15) is 18.4 Å². The number of nitrogens with zero attached hydrogens (tertiary/aromatic N) is 2. The topological polar surface area (TPSA) is 54.9 Å². The molecule has 0 bridgehead atoms. The summed E-state index contributed by atoms with van der Waals surface area (Å²) in [6, 6.07) is 5.83. The first kappa shape index (κ1) is 17.0. The number of thioether (sulfide) groups is 1. The molecule has 1 amide bonds. The van der Waals surface area contributed by atoms with Crippen molar-refractivity contribution in [1.82, 2.24) is 15.3 Å². The second kappa shape index (κ2) is 8.90. The van der Waals surface area contributed by atoms with Gasteiger partial charge in [0.2, 0.25) is 5.91 Å². The number of rotatable bonds is 8. The van der Waals surface area contributed by atoms with Crippen molar-refractivity contribution < 1.29 is 4.79 Å². The first-order valence-corrected chi connectivity index (χ1v) is 9.60. The third kappa shape index (κ3) is 5.10. The van der Waals surface area contributed by atoms with Gasteiger partial charge in [0.15, 0.2) is 0 Å². The summed E-state index contributed by atoms with van der Waals surface area (Å²) in [5, 5.41) is 6.12. The van der Waals surface area contributed by atoms with Crippen LogP contribution in [0.4, 0.5) is 0 Å². The van der Waals surface area contributed by atoms with Gasteiger partial charge in [-0.2, -0.15) is 11.8 Å². The summed E-state index contributed by atoms with van der Waals surface area (Å²) in [6.07, 6.45) is 5.59. The fourth-order valence-corrected chi connectivity index (χ4v) is 3.49. The maximum atomic E-state index is 11.8. The molecule has 2 aromatic heterocycles.